The molecule has 0 aliphatic heterocycles. The number of carbonyl (C=O) groups excluding carboxylic acids is 1. The minimum Gasteiger partial charge on any atom is -0.296 e. The first-order valence-electron chi connectivity index (χ1n) is 7.08. The maximum Gasteiger partial charge on any atom is 0.272 e. The van der Waals surface area contributed by atoms with Crippen LogP contribution in [0, 0.1) is 17.0 Å². The van der Waals surface area contributed by atoms with Crippen molar-refractivity contribution in [2.24, 2.45) is 0 Å². The van der Waals surface area contributed by atoms with Crippen LogP contribution in [0.4, 0.5) is 10.8 Å². The lowest BCUT2D eigenvalue weighted by Crippen LogP contribution is -2.12. The highest BCUT2D eigenvalue weighted by molar-refractivity contribution is 8.00. The molecule has 0 saturated heterocycles. The summed E-state index contributed by atoms with van der Waals surface area (Å²) in [4.78, 5) is 23.9. The molecule has 0 radical (unpaired) electrons. The molecule has 0 atom stereocenters. The lowest BCUT2D eigenvalue weighted by atomic mass is 10.1. The van der Waals surface area contributed by atoms with Crippen LogP contribution in [0.2, 0.25) is 0 Å². The summed E-state index contributed by atoms with van der Waals surface area (Å²) in [6, 6.07) is 8.29. The fraction of sp³-hybridized carbons (Fsp3) is 0.133. The first-order chi connectivity index (χ1) is 12.0. The number of amides is 1. The number of anilines is 1. The monoisotopic (exact) mass is 392 g/mol. The molecule has 10 heteroatoms. The molecule has 0 aliphatic rings. The van der Waals surface area contributed by atoms with Crippen molar-refractivity contribution < 1.29 is 9.72 Å². The molecule has 0 unspecified atom stereocenters. The molecular formula is C15H12N4O3S3. The number of rotatable bonds is 6. The minimum absolute atomic E-state index is 0.0141. The van der Waals surface area contributed by atoms with Crippen LogP contribution in [-0.2, 0) is 5.75 Å². The van der Waals surface area contributed by atoms with E-state index in [2.05, 4.69) is 21.6 Å². The Morgan fingerprint density at radius 3 is 2.88 bits per heavy atom. The lowest BCUT2D eigenvalue weighted by Gasteiger charge is -2.03. The predicted molar refractivity (Wildman–Crippen MR) is 99.6 cm³/mol. The van der Waals surface area contributed by atoms with E-state index in [-0.39, 0.29) is 11.6 Å². The number of hydrogen-bond donors (Lipinski definition) is 1. The van der Waals surface area contributed by atoms with Crippen molar-refractivity contribution in [1.29, 1.82) is 0 Å². The quantitative estimate of drug-likeness (QED) is 0.290. The van der Waals surface area contributed by atoms with Crippen molar-refractivity contribution >= 4 is 51.2 Å². The molecule has 128 valence electrons. The number of hydrogen-bond acceptors (Lipinski definition) is 8. The Morgan fingerprint density at radius 2 is 2.20 bits per heavy atom. The second kappa shape index (κ2) is 7.72. The summed E-state index contributed by atoms with van der Waals surface area (Å²) in [7, 11) is 0. The van der Waals surface area contributed by atoms with Crippen LogP contribution in [0.15, 0.2) is 40.1 Å². The molecule has 0 bridgehead atoms. The van der Waals surface area contributed by atoms with E-state index in [1.54, 1.807) is 30.0 Å². The number of thioether (sulfide) groups is 1. The first-order valence-corrected chi connectivity index (χ1v) is 9.76. The fourth-order valence-electron chi connectivity index (χ4n) is 2.02. The first kappa shape index (κ1) is 17.5. The van der Waals surface area contributed by atoms with Gasteiger partial charge in [0.25, 0.3) is 11.6 Å². The Balaban J connectivity index is 1.63. The second-order valence-electron chi connectivity index (χ2n) is 4.95. The Labute approximate surface area is 155 Å². The Hall–Kier alpha value is -2.30. The van der Waals surface area contributed by atoms with Crippen LogP contribution >= 0.6 is 34.4 Å². The van der Waals surface area contributed by atoms with Gasteiger partial charge in [0.2, 0.25) is 5.13 Å². The molecule has 25 heavy (non-hydrogen) atoms. The lowest BCUT2D eigenvalue weighted by molar-refractivity contribution is -0.385. The molecule has 3 rings (SSSR count). The number of nitro benzene ring substituents is 1. The van der Waals surface area contributed by atoms with Crippen molar-refractivity contribution in [1.82, 2.24) is 10.2 Å². The van der Waals surface area contributed by atoms with Gasteiger partial charge in [-0.1, -0.05) is 29.2 Å². The van der Waals surface area contributed by atoms with Gasteiger partial charge >= 0.3 is 0 Å². The average Bonchev–Trinajstić information content (AvgIpc) is 3.24. The van der Waals surface area contributed by atoms with E-state index in [0.29, 0.717) is 16.3 Å². The molecule has 0 spiro atoms. The predicted octanol–water partition coefficient (Wildman–Crippen LogP) is 4.36. The van der Waals surface area contributed by atoms with E-state index in [9.17, 15) is 14.9 Å². The van der Waals surface area contributed by atoms with Gasteiger partial charge in [-0.15, -0.1) is 21.5 Å². The number of aryl methyl sites for hydroxylation is 1. The van der Waals surface area contributed by atoms with Crippen LogP contribution in [0.5, 0.6) is 0 Å². The standard InChI is InChI=1S/C15H12N4O3S3/c1-9-7-10(4-5-12(9)19(21)22)13(20)16-14-17-18-15(25-14)24-8-11-3-2-6-23-11/h2-7H,8H2,1H3,(H,16,17,20). The number of carbonyl (C=O) groups is 1. The summed E-state index contributed by atoms with van der Waals surface area (Å²) in [5.41, 5.74) is 0.757. The van der Waals surface area contributed by atoms with E-state index >= 15 is 0 Å². The van der Waals surface area contributed by atoms with Gasteiger partial charge in [0.05, 0.1) is 4.92 Å². The van der Waals surface area contributed by atoms with E-state index in [1.807, 2.05) is 11.4 Å². The summed E-state index contributed by atoms with van der Waals surface area (Å²) >= 11 is 4.53. The largest absolute Gasteiger partial charge is 0.296 e. The molecule has 0 aliphatic carbocycles. The molecule has 0 fully saturated rings. The third kappa shape index (κ3) is 4.41. The summed E-state index contributed by atoms with van der Waals surface area (Å²) in [5.74, 6) is 0.436. The van der Waals surface area contributed by atoms with Crippen LogP contribution in [0.3, 0.4) is 0 Å². The van der Waals surface area contributed by atoms with E-state index < -0.39 is 4.92 Å². The third-order valence-corrected chi connectivity index (χ3v) is 6.28. The number of nitrogens with zero attached hydrogens (tertiary/aromatic N) is 3. The fourth-order valence-corrected chi connectivity index (χ4v) is 4.54. The van der Waals surface area contributed by atoms with Gasteiger partial charge < -0.3 is 0 Å². The van der Waals surface area contributed by atoms with Crippen LogP contribution in [-0.4, -0.2) is 21.0 Å². The number of nitro groups is 1. The number of aromatic nitrogens is 2. The topological polar surface area (TPSA) is 98.0 Å². The maximum absolute atomic E-state index is 12.3. The zero-order chi connectivity index (χ0) is 17.8. The average molecular weight is 392 g/mol. The number of nitrogens with one attached hydrogen (secondary N) is 1. The molecule has 7 nitrogen and oxygen atoms in total. The van der Waals surface area contributed by atoms with Crippen LogP contribution < -0.4 is 5.32 Å². The van der Waals surface area contributed by atoms with Crippen molar-refractivity contribution in [3.63, 3.8) is 0 Å². The van der Waals surface area contributed by atoms with Crippen LogP contribution in [0.25, 0.3) is 0 Å². The van der Waals surface area contributed by atoms with Crippen molar-refractivity contribution in [2.45, 2.75) is 17.0 Å². The molecule has 3 aromatic rings. The highest BCUT2D eigenvalue weighted by Crippen LogP contribution is 2.29. The maximum atomic E-state index is 12.3. The van der Waals surface area contributed by atoms with Crippen molar-refractivity contribution in [3.8, 4) is 0 Å². The van der Waals surface area contributed by atoms with E-state index in [1.165, 1.54) is 34.4 Å². The van der Waals surface area contributed by atoms with Gasteiger partial charge in [-0.25, -0.2) is 0 Å². The summed E-state index contributed by atoms with van der Waals surface area (Å²) in [6.45, 7) is 1.60. The van der Waals surface area contributed by atoms with Gasteiger partial charge in [0.15, 0.2) is 4.34 Å². The molecule has 2 aromatic heterocycles. The zero-order valence-electron chi connectivity index (χ0n) is 13.0. The van der Waals surface area contributed by atoms with Gasteiger partial charge in [-0.3, -0.25) is 20.2 Å². The zero-order valence-corrected chi connectivity index (χ0v) is 15.4. The van der Waals surface area contributed by atoms with Crippen LogP contribution in [0.1, 0.15) is 20.8 Å². The molecule has 1 aromatic carbocycles. The molecule has 1 N–H and O–H groups in total. The van der Waals surface area contributed by atoms with E-state index in [0.717, 1.165) is 10.1 Å². The van der Waals surface area contributed by atoms with Gasteiger partial charge in [-0.2, -0.15) is 0 Å². The Morgan fingerprint density at radius 1 is 1.36 bits per heavy atom. The van der Waals surface area contributed by atoms with E-state index in [4.69, 9.17) is 0 Å². The van der Waals surface area contributed by atoms with Crippen molar-refractivity contribution in [3.05, 3.63) is 61.8 Å². The van der Waals surface area contributed by atoms with Crippen molar-refractivity contribution in [2.75, 3.05) is 5.32 Å². The Bertz CT molecular complexity index is 909. The molecule has 1 amide bonds. The normalized spacial score (nSPS) is 10.6. The SMILES string of the molecule is Cc1cc(C(=O)Nc2nnc(SCc3cccs3)s2)ccc1[N+](=O)[O-]. The number of benzene rings is 1. The summed E-state index contributed by atoms with van der Waals surface area (Å²) in [5, 5.41) is 23.9. The smallest absolute Gasteiger partial charge is 0.272 e. The molecule has 2 heterocycles. The van der Waals surface area contributed by atoms with Gasteiger partial charge in [0, 0.05) is 27.8 Å². The highest BCUT2D eigenvalue weighted by Gasteiger charge is 2.15. The van der Waals surface area contributed by atoms with Gasteiger partial charge in [-0.05, 0) is 30.5 Å². The second-order valence-corrected chi connectivity index (χ2v) is 8.19. The Kier molecular flexibility index (Phi) is 5.41. The molecule has 0 saturated carbocycles. The highest BCUT2D eigenvalue weighted by atomic mass is 32.2. The summed E-state index contributed by atoms with van der Waals surface area (Å²) < 4.78 is 0.767. The summed E-state index contributed by atoms with van der Waals surface area (Å²) in [6.07, 6.45) is 0. The minimum atomic E-state index is -0.473. The number of thiophene rings is 1. The molecular weight excluding hydrogens is 380 g/mol. The van der Waals surface area contributed by atoms with Gasteiger partial charge in [0.1, 0.15) is 0 Å². The third-order valence-electron chi connectivity index (χ3n) is 3.20.